The molecule has 2 aliphatic rings. The molecule has 1 aromatic heterocycles. The highest BCUT2D eigenvalue weighted by Crippen LogP contribution is 2.35. The lowest BCUT2D eigenvalue weighted by molar-refractivity contribution is -0.131. The molecule has 0 radical (unpaired) electrons. The molecule has 0 aliphatic carbocycles. The molecule has 1 amide bonds. The zero-order chi connectivity index (χ0) is 18.3. The fraction of sp³-hybridized carbons (Fsp3) is 0.353. The highest BCUT2D eigenvalue weighted by Gasteiger charge is 2.28. The maximum absolute atomic E-state index is 12.7. The maximum atomic E-state index is 12.7. The predicted molar refractivity (Wildman–Crippen MR) is 90.8 cm³/mol. The second-order valence-electron chi connectivity index (χ2n) is 6.16. The van der Waals surface area contributed by atoms with Gasteiger partial charge in [0, 0.05) is 23.2 Å². The summed E-state index contributed by atoms with van der Waals surface area (Å²) in [5.41, 5.74) is 2.03. The Kier molecular flexibility index (Phi) is 4.20. The van der Waals surface area contributed by atoms with Crippen LogP contribution in [0.2, 0.25) is 5.02 Å². The summed E-state index contributed by atoms with van der Waals surface area (Å²) in [6.45, 7) is 1.67. The van der Waals surface area contributed by atoms with Crippen LogP contribution < -0.4 is 9.47 Å². The van der Waals surface area contributed by atoms with Gasteiger partial charge in [0.15, 0.2) is 17.2 Å². The van der Waals surface area contributed by atoms with E-state index in [4.69, 9.17) is 26.2 Å². The molecule has 2 aromatic rings. The minimum atomic E-state index is -1.06. The van der Waals surface area contributed by atoms with Gasteiger partial charge in [-0.15, -0.1) is 0 Å². The number of hydrogen-bond acceptors (Lipinski definition) is 5. The molecule has 1 aromatic carbocycles. The van der Waals surface area contributed by atoms with E-state index in [9.17, 15) is 9.59 Å². The summed E-state index contributed by atoms with van der Waals surface area (Å²) in [5.74, 6) is 0.00816. The maximum Gasteiger partial charge on any atom is 0.356 e. The van der Waals surface area contributed by atoms with Crippen LogP contribution in [0.15, 0.2) is 12.1 Å². The van der Waals surface area contributed by atoms with E-state index >= 15 is 0 Å². The monoisotopic (exact) mass is 377 g/mol. The number of carboxylic acid groups (broad SMARTS) is 1. The Balaban J connectivity index is 1.50. The summed E-state index contributed by atoms with van der Waals surface area (Å²) in [6.07, 6.45) is 0.582. The fourth-order valence-corrected chi connectivity index (χ4v) is 3.44. The summed E-state index contributed by atoms with van der Waals surface area (Å²) < 4.78 is 11.0. The van der Waals surface area contributed by atoms with Crippen molar-refractivity contribution in [1.29, 1.82) is 0 Å². The largest absolute Gasteiger partial charge is 0.486 e. The van der Waals surface area contributed by atoms with E-state index in [2.05, 4.69) is 10.2 Å². The molecule has 0 bridgehead atoms. The lowest BCUT2D eigenvalue weighted by Gasteiger charge is -2.27. The molecule has 4 rings (SSSR count). The Morgan fingerprint density at radius 2 is 2.00 bits per heavy atom. The van der Waals surface area contributed by atoms with Gasteiger partial charge in [-0.3, -0.25) is 9.89 Å². The number of hydrogen-bond donors (Lipinski definition) is 2. The standard InChI is InChI=1S/C17H16ClN3O5/c18-11-7-14-13(25-3-4-26-14)5-9(11)6-15(22)21-2-1-10-12(8-21)19-20-16(10)17(23)24/h5,7H,1-4,6,8H2,(H,19,20)(H,23,24). The third-order valence-corrected chi connectivity index (χ3v) is 4.89. The van der Waals surface area contributed by atoms with Crippen LogP contribution in [0.1, 0.15) is 27.3 Å². The molecule has 0 saturated heterocycles. The number of amides is 1. The first kappa shape index (κ1) is 16.7. The van der Waals surface area contributed by atoms with Crippen LogP contribution in [0, 0.1) is 0 Å². The minimum Gasteiger partial charge on any atom is -0.486 e. The molecule has 8 nitrogen and oxygen atoms in total. The zero-order valence-electron chi connectivity index (χ0n) is 13.7. The number of ether oxygens (including phenoxy) is 2. The Hall–Kier alpha value is -2.74. The SMILES string of the molecule is O=C(O)c1n[nH]c2c1CCN(C(=O)Cc1cc3c(cc1Cl)OCCO3)C2. The van der Waals surface area contributed by atoms with Crippen molar-refractivity contribution in [2.24, 2.45) is 0 Å². The van der Waals surface area contributed by atoms with E-state index < -0.39 is 5.97 Å². The summed E-state index contributed by atoms with van der Waals surface area (Å²) in [7, 11) is 0. The molecule has 2 aliphatic heterocycles. The summed E-state index contributed by atoms with van der Waals surface area (Å²) in [6, 6.07) is 3.41. The summed E-state index contributed by atoms with van der Waals surface area (Å²) in [5, 5.41) is 16.1. The van der Waals surface area contributed by atoms with Crippen LogP contribution in [0.3, 0.4) is 0 Å². The number of halogens is 1. The number of nitrogens with one attached hydrogen (secondary N) is 1. The van der Waals surface area contributed by atoms with Crippen LogP contribution in [0.25, 0.3) is 0 Å². The van der Waals surface area contributed by atoms with E-state index in [1.54, 1.807) is 17.0 Å². The third-order valence-electron chi connectivity index (χ3n) is 4.54. The molecule has 0 unspecified atom stereocenters. The van der Waals surface area contributed by atoms with E-state index in [1.165, 1.54) is 0 Å². The first-order valence-electron chi connectivity index (χ1n) is 8.18. The van der Waals surface area contributed by atoms with Gasteiger partial charge in [-0.25, -0.2) is 4.79 Å². The molecule has 2 N–H and O–H groups in total. The molecule has 0 fully saturated rings. The molecule has 0 atom stereocenters. The van der Waals surface area contributed by atoms with Gasteiger partial charge in [0.2, 0.25) is 5.91 Å². The van der Waals surface area contributed by atoms with E-state index in [-0.39, 0.29) is 18.0 Å². The van der Waals surface area contributed by atoms with Gasteiger partial charge >= 0.3 is 5.97 Å². The number of rotatable bonds is 3. The Labute approximate surface area is 153 Å². The van der Waals surface area contributed by atoms with Crippen molar-refractivity contribution < 1.29 is 24.2 Å². The number of benzene rings is 1. The third kappa shape index (κ3) is 2.96. The number of aromatic carboxylic acids is 1. The highest BCUT2D eigenvalue weighted by atomic mass is 35.5. The second-order valence-corrected chi connectivity index (χ2v) is 6.57. The van der Waals surface area contributed by atoms with E-state index in [0.29, 0.717) is 66.1 Å². The average Bonchev–Trinajstić information content (AvgIpc) is 3.05. The van der Waals surface area contributed by atoms with Crippen molar-refractivity contribution in [1.82, 2.24) is 15.1 Å². The lowest BCUT2D eigenvalue weighted by Crippen LogP contribution is -2.37. The Morgan fingerprint density at radius 3 is 2.73 bits per heavy atom. The minimum absolute atomic E-state index is 0.0296. The van der Waals surface area contributed by atoms with Crippen LogP contribution >= 0.6 is 11.6 Å². The number of carbonyl (C=O) groups is 2. The summed E-state index contributed by atoms with van der Waals surface area (Å²) >= 11 is 6.28. The molecule has 26 heavy (non-hydrogen) atoms. The summed E-state index contributed by atoms with van der Waals surface area (Å²) in [4.78, 5) is 25.5. The first-order valence-corrected chi connectivity index (χ1v) is 8.56. The normalized spacial score (nSPS) is 15.5. The van der Waals surface area contributed by atoms with Crippen molar-refractivity contribution in [2.45, 2.75) is 19.4 Å². The average molecular weight is 378 g/mol. The Bertz CT molecular complexity index is 895. The molecular weight excluding hydrogens is 362 g/mol. The fourth-order valence-electron chi connectivity index (χ4n) is 3.22. The smallest absolute Gasteiger partial charge is 0.356 e. The molecule has 136 valence electrons. The first-order chi connectivity index (χ1) is 12.5. The number of H-pyrrole nitrogens is 1. The van der Waals surface area contributed by atoms with Crippen molar-refractivity contribution in [3.63, 3.8) is 0 Å². The van der Waals surface area contributed by atoms with Gasteiger partial charge in [-0.05, 0) is 18.1 Å². The van der Waals surface area contributed by atoms with E-state index in [1.807, 2.05) is 0 Å². The molecule has 0 saturated carbocycles. The number of nitrogens with zero attached hydrogens (tertiary/aromatic N) is 2. The number of aromatic nitrogens is 2. The topological polar surface area (TPSA) is 105 Å². The van der Waals surface area contributed by atoms with Gasteiger partial charge in [0.25, 0.3) is 0 Å². The molecule has 3 heterocycles. The van der Waals surface area contributed by atoms with Gasteiger partial charge in [0.05, 0.1) is 18.7 Å². The van der Waals surface area contributed by atoms with Crippen LogP contribution in [-0.2, 0) is 24.2 Å². The molecule has 9 heteroatoms. The van der Waals surface area contributed by atoms with Crippen LogP contribution in [-0.4, -0.2) is 51.8 Å². The van der Waals surface area contributed by atoms with Gasteiger partial charge in [-0.1, -0.05) is 11.6 Å². The van der Waals surface area contributed by atoms with E-state index in [0.717, 1.165) is 0 Å². The second kappa shape index (κ2) is 6.53. The van der Waals surface area contributed by atoms with Gasteiger partial charge in [0.1, 0.15) is 13.2 Å². The molecule has 0 spiro atoms. The van der Waals surface area contributed by atoms with Crippen molar-refractivity contribution in [2.75, 3.05) is 19.8 Å². The predicted octanol–water partition coefficient (Wildman–Crippen LogP) is 1.66. The number of fused-ring (bicyclic) bond motifs is 2. The molecular formula is C17H16ClN3O5. The van der Waals surface area contributed by atoms with Crippen LogP contribution in [0.5, 0.6) is 11.5 Å². The van der Waals surface area contributed by atoms with Crippen LogP contribution in [0.4, 0.5) is 0 Å². The van der Waals surface area contributed by atoms with Crippen molar-refractivity contribution >= 4 is 23.5 Å². The highest BCUT2D eigenvalue weighted by molar-refractivity contribution is 6.31. The number of carbonyl (C=O) groups excluding carboxylic acids is 1. The number of carboxylic acids is 1. The Morgan fingerprint density at radius 1 is 1.27 bits per heavy atom. The van der Waals surface area contributed by atoms with Gasteiger partial charge in [-0.2, -0.15) is 5.10 Å². The quantitative estimate of drug-likeness (QED) is 0.842. The number of aromatic amines is 1. The van der Waals surface area contributed by atoms with Crippen molar-refractivity contribution in [3.05, 3.63) is 39.7 Å². The van der Waals surface area contributed by atoms with Crippen molar-refractivity contribution in [3.8, 4) is 11.5 Å². The van der Waals surface area contributed by atoms with Gasteiger partial charge < -0.3 is 19.5 Å². The lowest BCUT2D eigenvalue weighted by atomic mass is 10.0. The zero-order valence-corrected chi connectivity index (χ0v) is 14.5.